The van der Waals surface area contributed by atoms with Gasteiger partial charge in [0.1, 0.15) is 0 Å². The van der Waals surface area contributed by atoms with E-state index in [0.29, 0.717) is 53.0 Å². The van der Waals surface area contributed by atoms with Gasteiger partial charge in [0.15, 0.2) is 11.5 Å². The predicted octanol–water partition coefficient (Wildman–Crippen LogP) is 4.88. The van der Waals surface area contributed by atoms with Crippen LogP contribution in [0.4, 0.5) is 5.69 Å². The third kappa shape index (κ3) is 6.00. The molecule has 0 fully saturated rings. The molecule has 0 bridgehead atoms. The number of halogens is 1. The molecular weight excluding hydrogens is 404 g/mol. The molecule has 2 rings (SSSR count). The molecule has 30 heavy (non-hydrogen) atoms. The second-order valence-corrected chi connectivity index (χ2v) is 6.75. The van der Waals surface area contributed by atoms with Crippen LogP contribution in [0.15, 0.2) is 42.5 Å². The standard InChI is InChI=1S/C23H27ClN2O4/c1-5-26(6-2)23(28)17-9-11-18(12-10-17)25-21(27)13-8-16-14-19(24)22(30-7-3)20(15-16)29-4/h8-15H,5-7H2,1-4H3,(H,25,27)/b13-8+. The summed E-state index contributed by atoms with van der Waals surface area (Å²) in [4.78, 5) is 26.3. The molecule has 0 aromatic heterocycles. The minimum Gasteiger partial charge on any atom is -0.493 e. The Morgan fingerprint density at radius 3 is 2.33 bits per heavy atom. The SMILES string of the molecule is CCOc1c(Cl)cc(/C=C/C(=O)Nc2ccc(C(=O)N(CC)CC)cc2)cc1OC. The number of hydrogen-bond acceptors (Lipinski definition) is 4. The Bertz CT molecular complexity index is 906. The fourth-order valence-corrected chi connectivity index (χ4v) is 3.14. The number of anilines is 1. The molecule has 160 valence electrons. The van der Waals surface area contributed by atoms with Crippen LogP contribution in [-0.2, 0) is 4.79 Å². The summed E-state index contributed by atoms with van der Waals surface area (Å²) in [6.07, 6.45) is 3.04. The van der Waals surface area contributed by atoms with E-state index in [1.54, 1.807) is 47.4 Å². The van der Waals surface area contributed by atoms with Gasteiger partial charge in [0.05, 0.1) is 18.7 Å². The first-order valence-corrected chi connectivity index (χ1v) is 10.2. The lowest BCUT2D eigenvalue weighted by Crippen LogP contribution is -2.30. The van der Waals surface area contributed by atoms with Gasteiger partial charge < -0.3 is 19.7 Å². The number of methoxy groups -OCH3 is 1. The third-order valence-corrected chi connectivity index (χ3v) is 4.70. The second-order valence-electron chi connectivity index (χ2n) is 6.34. The van der Waals surface area contributed by atoms with Crippen LogP contribution in [-0.4, -0.2) is 43.5 Å². The van der Waals surface area contributed by atoms with E-state index in [1.165, 1.54) is 13.2 Å². The van der Waals surface area contributed by atoms with E-state index in [2.05, 4.69) is 5.32 Å². The summed E-state index contributed by atoms with van der Waals surface area (Å²) in [7, 11) is 1.53. The molecule has 0 saturated carbocycles. The summed E-state index contributed by atoms with van der Waals surface area (Å²) < 4.78 is 10.8. The fraction of sp³-hybridized carbons (Fsp3) is 0.304. The van der Waals surface area contributed by atoms with Gasteiger partial charge in [-0.2, -0.15) is 0 Å². The molecular formula is C23H27ClN2O4. The van der Waals surface area contributed by atoms with E-state index in [0.717, 1.165) is 0 Å². The summed E-state index contributed by atoms with van der Waals surface area (Å²) in [5, 5.41) is 3.18. The first-order valence-electron chi connectivity index (χ1n) is 9.82. The Morgan fingerprint density at radius 1 is 1.10 bits per heavy atom. The quantitative estimate of drug-likeness (QED) is 0.575. The van der Waals surface area contributed by atoms with Crippen LogP contribution >= 0.6 is 11.6 Å². The first kappa shape index (κ1) is 23.3. The molecule has 0 radical (unpaired) electrons. The largest absolute Gasteiger partial charge is 0.493 e. The van der Waals surface area contributed by atoms with Crippen LogP contribution in [0.25, 0.3) is 6.08 Å². The Balaban J connectivity index is 2.06. The summed E-state index contributed by atoms with van der Waals surface area (Å²) >= 11 is 6.25. The van der Waals surface area contributed by atoms with Crippen molar-refractivity contribution >= 4 is 35.2 Å². The highest BCUT2D eigenvalue weighted by atomic mass is 35.5. The van der Waals surface area contributed by atoms with Crippen LogP contribution in [0.2, 0.25) is 5.02 Å². The smallest absolute Gasteiger partial charge is 0.253 e. The van der Waals surface area contributed by atoms with Crippen molar-refractivity contribution in [2.45, 2.75) is 20.8 Å². The second kappa shape index (κ2) is 11.3. The van der Waals surface area contributed by atoms with Crippen molar-refractivity contribution in [3.05, 3.63) is 58.6 Å². The van der Waals surface area contributed by atoms with Gasteiger partial charge in [-0.1, -0.05) is 11.6 Å². The third-order valence-electron chi connectivity index (χ3n) is 4.42. The molecule has 1 N–H and O–H groups in total. The molecule has 7 heteroatoms. The highest BCUT2D eigenvalue weighted by molar-refractivity contribution is 6.32. The van der Waals surface area contributed by atoms with E-state index < -0.39 is 0 Å². The van der Waals surface area contributed by atoms with Gasteiger partial charge in [0.25, 0.3) is 5.91 Å². The maximum atomic E-state index is 12.3. The van der Waals surface area contributed by atoms with E-state index in [9.17, 15) is 9.59 Å². The zero-order valence-electron chi connectivity index (χ0n) is 17.7. The molecule has 0 atom stereocenters. The van der Waals surface area contributed by atoms with Crippen molar-refractivity contribution in [3.63, 3.8) is 0 Å². The molecule has 0 unspecified atom stereocenters. The van der Waals surface area contributed by atoms with Crippen molar-refractivity contribution in [2.75, 3.05) is 32.1 Å². The Morgan fingerprint density at radius 2 is 1.77 bits per heavy atom. The molecule has 0 aliphatic heterocycles. The number of ether oxygens (including phenoxy) is 2. The lowest BCUT2D eigenvalue weighted by Gasteiger charge is -2.18. The minimum absolute atomic E-state index is 0.0286. The zero-order valence-corrected chi connectivity index (χ0v) is 18.5. The van der Waals surface area contributed by atoms with Crippen LogP contribution in [0.1, 0.15) is 36.7 Å². The van der Waals surface area contributed by atoms with Gasteiger partial charge in [-0.15, -0.1) is 0 Å². The monoisotopic (exact) mass is 430 g/mol. The van der Waals surface area contributed by atoms with E-state index in [4.69, 9.17) is 21.1 Å². The number of nitrogens with zero attached hydrogens (tertiary/aromatic N) is 1. The highest BCUT2D eigenvalue weighted by Gasteiger charge is 2.13. The average Bonchev–Trinajstić information content (AvgIpc) is 2.75. The van der Waals surface area contributed by atoms with Crippen molar-refractivity contribution in [1.29, 1.82) is 0 Å². The maximum absolute atomic E-state index is 12.3. The Hall–Kier alpha value is -2.99. The molecule has 2 aromatic carbocycles. The topological polar surface area (TPSA) is 67.9 Å². The summed E-state index contributed by atoms with van der Waals surface area (Å²) in [5.41, 5.74) is 1.89. The Kier molecular flexibility index (Phi) is 8.74. The summed E-state index contributed by atoms with van der Waals surface area (Å²) in [5.74, 6) is 0.640. The highest BCUT2D eigenvalue weighted by Crippen LogP contribution is 2.36. The van der Waals surface area contributed by atoms with Crippen molar-refractivity contribution < 1.29 is 19.1 Å². The van der Waals surface area contributed by atoms with Gasteiger partial charge >= 0.3 is 0 Å². The molecule has 0 aliphatic carbocycles. The predicted molar refractivity (Wildman–Crippen MR) is 121 cm³/mol. The number of nitrogens with one attached hydrogen (secondary N) is 1. The molecule has 0 aliphatic rings. The lowest BCUT2D eigenvalue weighted by atomic mass is 10.1. The van der Waals surface area contributed by atoms with Gasteiger partial charge in [0, 0.05) is 30.4 Å². The normalized spacial score (nSPS) is 10.7. The van der Waals surface area contributed by atoms with Gasteiger partial charge in [-0.3, -0.25) is 9.59 Å². The number of carbonyl (C=O) groups excluding carboxylic acids is 2. The van der Waals surface area contributed by atoms with Crippen LogP contribution < -0.4 is 14.8 Å². The van der Waals surface area contributed by atoms with Gasteiger partial charge in [-0.25, -0.2) is 0 Å². The maximum Gasteiger partial charge on any atom is 0.253 e. The molecule has 2 amide bonds. The lowest BCUT2D eigenvalue weighted by molar-refractivity contribution is -0.111. The molecule has 0 spiro atoms. The molecule has 0 saturated heterocycles. The number of hydrogen-bond donors (Lipinski definition) is 1. The fourth-order valence-electron chi connectivity index (χ4n) is 2.87. The van der Waals surface area contributed by atoms with E-state index in [-0.39, 0.29) is 11.8 Å². The molecule has 0 heterocycles. The van der Waals surface area contributed by atoms with Gasteiger partial charge in [0.2, 0.25) is 5.91 Å². The summed E-state index contributed by atoms with van der Waals surface area (Å²) in [6.45, 7) is 7.51. The van der Waals surface area contributed by atoms with Crippen LogP contribution in [0, 0.1) is 0 Å². The van der Waals surface area contributed by atoms with Crippen LogP contribution in [0.5, 0.6) is 11.5 Å². The first-order chi connectivity index (χ1) is 14.4. The average molecular weight is 431 g/mol. The number of benzene rings is 2. The Labute approximate surface area is 182 Å². The number of amides is 2. The van der Waals surface area contributed by atoms with Gasteiger partial charge in [-0.05, 0) is 68.8 Å². The molecule has 2 aromatic rings. The minimum atomic E-state index is -0.304. The summed E-state index contributed by atoms with van der Waals surface area (Å²) in [6, 6.07) is 10.3. The van der Waals surface area contributed by atoms with E-state index >= 15 is 0 Å². The zero-order chi connectivity index (χ0) is 22.1. The van der Waals surface area contributed by atoms with Crippen molar-refractivity contribution in [1.82, 2.24) is 4.90 Å². The van der Waals surface area contributed by atoms with Crippen LogP contribution in [0.3, 0.4) is 0 Å². The molecule has 6 nitrogen and oxygen atoms in total. The van der Waals surface area contributed by atoms with E-state index in [1.807, 2.05) is 20.8 Å². The number of carbonyl (C=O) groups is 2. The van der Waals surface area contributed by atoms with Crippen molar-refractivity contribution in [2.24, 2.45) is 0 Å². The van der Waals surface area contributed by atoms with Crippen molar-refractivity contribution in [3.8, 4) is 11.5 Å². The number of rotatable bonds is 9.